The molecule has 0 saturated carbocycles. The van der Waals surface area contributed by atoms with Crippen LogP contribution in [0.4, 0.5) is 0 Å². The molecule has 0 aliphatic heterocycles. The second-order valence-corrected chi connectivity index (χ2v) is 16.8. The van der Waals surface area contributed by atoms with Crippen molar-refractivity contribution in [3.05, 3.63) is 0 Å². The van der Waals surface area contributed by atoms with Crippen molar-refractivity contribution in [2.75, 3.05) is 0 Å². The number of hydrogen-bond acceptors (Lipinski definition) is 0. The third kappa shape index (κ3) is 22.6. The summed E-state index contributed by atoms with van der Waals surface area (Å²) in [7, 11) is 0. The van der Waals surface area contributed by atoms with Crippen LogP contribution in [0.25, 0.3) is 0 Å². The number of rotatable bonds is 12. The smallest absolute Gasteiger partial charge is 0.0391 e. The normalized spacial score (nSPS) is 18.0. The monoisotopic (exact) mass is 569 g/mol. The largest absolute Gasteiger partial charge is 0.0625 e. The van der Waals surface area contributed by atoms with Gasteiger partial charge in [0.15, 0.2) is 0 Å². The molecule has 0 rings (SSSR count). The van der Waals surface area contributed by atoms with Gasteiger partial charge in [-0.25, -0.2) is 0 Å². The highest BCUT2D eigenvalue weighted by Gasteiger charge is 2.20. The molecule has 0 amide bonds. The Morgan fingerprint density at radius 1 is 0.125 bits per heavy atom. The van der Waals surface area contributed by atoms with Crippen molar-refractivity contribution in [2.45, 2.75) is 166 Å². The van der Waals surface area contributed by atoms with Crippen LogP contribution in [0, 0.1) is 94.7 Å². The van der Waals surface area contributed by atoms with Crippen LogP contribution in [0.3, 0.4) is 0 Å². The molecule has 0 N–H and O–H groups in total. The summed E-state index contributed by atoms with van der Waals surface area (Å²) in [5.74, 6) is 13.5. The average Bonchev–Trinajstić information content (AvgIpc) is 2.85. The summed E-state index contributed by atoms with van der Waals surface area (Å²) < 4.78 is 0. The molecule has 0 aromatic carbocycles. The minimum atomic E-state index is 0.831. The first-order valence-corrected chi connectivity index (χ1v) is 17.9. The summed E-state index contributed by atoms with van der Waals surface area (Å²) in [5.41, 5.74) is 0. The summed E-state index contributed by atoms with van der Waals surface area (Å²) in [6.45, 7) is 55.8. The van der Waals surface area contributed by atoms with Crippen LogP contribution in [0.1, 0.15) is 166 Å². The van der Waals surface area contributed by atoms with Crippen molar-refractivity contribution in [3.8, 4) is 0 Å². The summed E-state index contributed by atoms with van der Waals surface area (Å²) in [5, 5.41) is 0. The average molecular weight is 569 g/mol. The predicted molar refractivity (Wildman–Crippen MR) is 192 cm³/mol. The van der Waals surface area contributed by atoms with Gasteiger partial charge in [0.25, 0.3) is 0 Å². The van der Waals surface area contributed by atoms with Gasteiger partial charge in [-0.1, -0.05) is 166 Å². The Morgan fingerprint density at radius 2 is 0.175 bits per heavy atom. The maximum absolute atomic E-state index is 2.36. The SMILES string of the molecule is CC(C)[C@@H](C)[C@@H](C)C(C)C.CC(C)[C@@H](C)[C@@H](C)C(C)C.CC(C)[C@@H](C)[C@H](C)C(C)C.CC(C)[C@H](C)[C@@H](C)C(C)C. The highest BCUT2D eigenvalue weighted by atomic mass is 14.3. The predicted octanol–water partition coefficient (Wildman–Crippen LogP) is 14.3. The molecule has 0 radical (unpaired) electrons. The first-order chi connectivity index (χ1) is 17.9. The van der Waals surface area contributed by atoms with E-state index in [1.54, 1.807) is 0 Å². The fourth-order valence-electron chi connectivity index (χ4n) is 4.86. The molecule has 0 saturated heterocycles. The van der Waals surface area contributed by atoms with Gasteiger partial charge in [0.05, 0.1) is 0 Å². The van der Waals surface area contributed by atoms with Crippen molar-refractivity contribution in [1.29, 1.82) is 0 Å². The van der Waals surface area contributed by atoms with Crippen LogP contribution in [-0.2, 0) is 0 Å². The van der Waals surface area contributed by atoms with Crippen LogP contribution >= 0.6 is 0 Å². The van der Waals surface area contributed by atoms with Crippen molar-refractivity contribution in [3.63, 3.8) is 0 Å². The molecule has 0 bridgehead atoms. The van der Waals surface area contributed by atoms with E-state index in [0.717, 1.165) is 94.7 Å². The fourth-order valence-corrected chi connectivity index (χ4v) is 4.86. The Bertz CT molecular complexity index is 376. The summed E-state index contributed by atoms with van der Waals surface area (Å²) in [4.78, 5) is 0. The molecule has 0 fully saturated rings. The van der Waals surface area contributed by atoms with Crippen molar-refractivity contribution >= 4 is 0 Å². The van der Waals surface area contributed by atoms with E-state index in [2.05, 4.69) is 166 Å². The molecular formula is C40H88. The van der Waals surface area contributed by atoms with Crippen LogP contribution in [-0.4, -0.2) is 0 Å². The maximum atomic E-state index is 2.36. The lowest BCUT2D eigenvalue weighted by molar-refractivity contribution is 0.235. The van der Waals surface area contributed by atoms with Crippen LogP contribution in [0.5, 0.6) is 0 Å². The Labute approximate surface area is 260 Å². The van der Waals surface area contributed by atoms with Crippen molar-refractivity contribution < 1.29 is 0 Å². The van der Waals surface area contributed by atoms with Crippen molar-refractivity contribution in [2.24, 2.45) is 94.7 Å². The first kappa shape index (κ1) is 46.9. The minimum absolute atomic E-state index is 0.831. The molecule has 0 spiro atoms. The van der Waals surface area contributed by atoms with E-state index in [0.29, 0.717) is 0 Å². The lowest BCUT2D eigenvalue weighted by Crippen LogP contribution is -2.18. The molecule has 0 aromatic heterocycles. The lowest BCUT2D eigenvalue weighted by Gasteiger charge is -2.26. The highest BCUT2D eigenvalue weighted by molar-refractivity contribution is 4.69. The van der Waals surface area contributed by atoms with Gasteiger partial charge in [-0.15, -0.1) is 0 Å². The van der Waals surface area contributed by atoms with E-state index in [4.69, 9.17) is 0 Å². The van der Waals surface area contributed by atoms with Gasteiger partial charge >= 0.3 is 0 Å². The van der Waals surface area contributed by atoms with Crippen LogP contribution in [0.2, 0.25) is 0 Å². The molecule has 0 heteroatoms. The lowest BCUT2D eigenvalue weighted by atomic mass is 9.80. The molecule has 0 unspecified atom stereocenters. The Hall–Kier alpha value is 0. The quantitative estimate of drug-likeness (QED) is 0.219. The van der Waals surface area contributed by atoms with E-state index in [1.807, 2.05) is 0 Å². The van der Waals surface area contributed by atoms with E-state index in [9.17, 15) is 0 Å². The van der Waals surface area contributed by atoms with E-state index >= 15 is 0 Å². The van der Waals surface area contributed by atoms with E-state index in [1.165, 1.54) is 0 Å². The standard InChI is InChI=1S/4C10H22/c4*1-7(2)9(5)10(6)8(3)4/h4*7-10H,1-6H3/t2*9-,10+;2*9-,10-/m..10/s1. The zero-order chi connectivity index (χ0) is 33.2. The topological polar surface area (TPSA) is 0 Å². The molecule has 0 aromatic rings. The minimum Gasteiger partial charge on any atom is -0.0625 e. The Kier molecular flexibility index (Phi) is 28.7. The Balaban J connectivity index is -0.000000216. The maximum Gasteiger partial charge on any atom is -0.0391 e. The summed E-state index contributed by atoms with van der Waals surface area (Å²) >= 11 is 0. The molecule has 0 nitrogen and oxygen atoms in total. The van der Waals surface area contributed by atoms with Crippen LogP contribution < -0.4 is 0 Å². The molecule has 0 aliphatic carbocycles. The van der Waals surface area contributed by atoms with Crippen molar-refractivity contribution in [1.82, 2.24) is 0 Å². The van der Waals surface area contributed by atoms with Gasteiger partial charge < -0.3 is 0 Å². The molecule has 0 aliphatic rings. The molecular weight excluding hydrogens is 480 g/mol. The highest BCUT2D eigenvalue weighted by Crippen LogP contribution is 2.28. The van der Waals surface area contributed by atoms with Gasteiger partial charge in [0, 0.05) is 0 Å². The van der Waals surface area contributed by atoms with Gasteiger partial charge in [-0.05, 0) is 94.7 Å². The Morgan fingerprint density at radius 3 is 0.200 bits per heavy atom. The van der Waals surface area contributed by atoms with E-state index < -0.39 is 0 Å². The van der Waals surface area contributed by atoms with Crippen LogP contribution in [0.15, 0.2) is 0 Å². The summed E-state index contributed by atoms with van der Waals surface area (Å²) in [6.07, 6.45) is 0. The molecule has 248 valence electrons. The second-order valence-electron chi connectivity index (χ2n) is 16.8. The zero-order valence-corrected chi connectivity index (χ0v) is 33.2. The second kappa shape index (κ2) is 24.4. The van der Waals surface area contributed by atoms with Gasteiger partial charge in [0.1, 0.15) is 0 Å². The molecule has 0 heterocycles. The first-order valence-electron chi connectivity index (χ1n) is 17.9. The van der Waals surface area contributed by atoms with Gasteiger partial charge in [-0.2, -0.15) is 0 Å². The zero-order valence-electron chi connectivity index (χ0n) is 33.2. The van der Waals surface area contributed by atoms with E-state index in [-0.39, 0.29) is 0 Å². The third-order valence-corrected chi connectivity index (χ3v) is 11.7. The fraction of sp³-hybridized carbons (Fsp3) is 1.00. The molecule has 8 atom stereocenters. The van der Waals surface area contributed by atoms with Gasteiger partial charge in [0.2, 0.25) is 0 Å². The number of hydrogen-bond donors (Lipinski definition) is 0. The van der Waals surface area contributed by atoms with Gasteiger partial charge in [-0.3, -0.25) is 0 Å². The molecule has 40 heavy (non-hydrogen) atoms. The third-order valence-electron chi connectivity index (χ3n) is 11.7. The summed E-state index contributed by atoms with van der Waals surface area (Å²) in [6, 6.07) is 0.